The van der Waals surface area contributed by atoms with Crippen molar-refractivity contribution in [2.45, 2.75) is 57.4 Å². The van der Waals surface area contributed by atoms with E-state index in [9.17, 15) is 9.59 Å². The fourth-order valence-corrected chi connectivity index (χ4v) is 3.63. The van der Waals surface area contributed by atoms with Crippen LogP contribution in [0.5, 0.6) is 0 Å². The van der Waals surface area contributed by atoms with Gasteiger partial charge in [-0.3, -0.25) is 9.59 Å². The van der Waals surface area contributed by atoms with E-state index in [0.717, 1.165) is 64.1 Å². The largest absolute Gasteiger partial charge is 0.354 e. The smallest absolute Gasteiger partial charge is 0.237 e. The molecule has 2 N–H and O–H groups in total. The zero-order valence-corrected chi connectivity index (χ0v) is 14.7. The van der Waals surface area contributed by atoms with Gasteiger partial charge in [-0.05, 0) is 50.5 Å². The molecule has 0 bridgehead atoms. The Morgan fingerprint density at radius 2 is 1.91 bits per heavy atom. The van der Waals surface area contributed by atoms with E-state index in [1.807, 2.05) is 4.90 Å². The second-order valence-corrected chi connectivity index (χ2v) is 7.22. The lowest BCUT2D eigenvalue weighted by molar-refractivity contribution is -0.133. The Bertz CT molecular complexity index is 409. The maximum atomic E-state index is 12.3. The third-order valence-electron chi connectivity index (χ3n) is 5.28. The third-order valence-corrected chi connectivity index (χ3v) is 5.28. The fraction of sp³-hybridized carbons (Fsp3) is 0.882. The van der Waals surface area contributed by atoms with Gasteiger partial charge in [-0.2, -0.15) is 0 Å². The molecule has 0 spiro atoms. The number of nitrogens with zero attached hydrogens (tertiary/aromatic N) is 1. The molecule has 2 heterocycles. The van der Waals surface area contributed by atoms with Crippen LogP contribution in [0.25, 0.3) is 0 Å². The number of amides is 2. The van der Waals surface area contributed by atoms with E-state index in [1.54, 1.807) is 0 Å². The number of likely N-dealkylation sites (tertiary alicyclic amines) is 1. The van der Waals surface area contributed by atoms with Crippen molar-refractivity contribution < 1.29 is 9.59 Å². The summed E-state index contributed by atoms with van der Waals surface area (Å²) < 4.78 is 0. The van der Waals surface area contributed by atoms with E-state index >= 15 is 0 Å². The van der Waals surface area contributed by atoms with E-state index in [-0.39, 0.29) is 24.4 Å². The monoisotopic (exact) mass is 343 g/mol. The van der Waals surface area contributed by atoms with Gasteiger partial charge in [0.1, 0.15) is 0 Å². The van der Waals surface area contributed by atoms with Crippen LogP contribution in [0.3, 0.4) is 0 Å². The first kappa shape index (κ1) is 18.5. The summed E-state index contributed by atoms with van der Waals surface area (Å²) in [5.74, 6) is 1.70. The maximum absolute atomic E-state index is 12.3. The number of hydrogen-bond acceptors (Lipinski definition) is 3. The van der Waals surface area contributed by atoms with Crippen LogP contribution in [-0.2, 0) is 9.59 Å². The summed E-state index contributed by atoms with van der Waals surface area (Å²) >= 11 is 0. The van der Waals surface area contributed by atoms with Gasteiger partial charge in [-0.1, -0.05) is 12.8 Å². The Morgan fingerprint density at radius 3 is 2.61 bits per heavy atom. The zero-order chi connectivity index (χ0) is 15.4. The minimum Gasteiger partial charge on any atom is -0.354 e. The summed E-state index contributed by atoms with van der Waals surface area (Å²) in [6.07, 6.45) is 8.64. The number of nitrogens with one attached hydrogen (secondary N) is 2. The molecule has 2 aliphatic heterocycles. The molecule has 0 radical (unpaired) electrons. The van der Waals surface area contributed by atoms with Crippen molar-refractivity contribution in [2.75, 3.05) is 26.2 Å². The van der Waals surface area contributed by atoms with Gasteiger partial charge in [0.05, 0.1) is 6.04 Å². The Kier molecular flexibility index (Phi) is 7.15. The van der Waals surface area contributed by atoms with E-state index < -0.39 is 0 Å². The molecular formula is C17H30ClN3O2. The first-order valence-corrected chi connectivity index (χ1v) is 9.01. The highest BCUT2D eigenvalue weighted by atomic mass is 35.5. The van der Waals surface area contributed by atoms with Crippen molar-refractivity contribution in [3.8, 4) is 0 Å². The average Bonchev–Trinajstić information content (AvgIpc) is 3.21. The minimum absolute atomic E-state index is 0. The van der Waals surface area contributed by atoms with E-state index in [2.05, 4.69) is 10.6 Å². The number of carbonyl (C=O) groups is 2. The van der Waals surface area contributed by atoms with Gasteiger partial charge in [0.15, 0.2) is 0 Å². The van der Waals surface area contributed by atoms with Gasteiger partial charge < -0.3 is 15.5 Å². The van der Waals surface area contributed by atoms with Gasteiger partial charge >= 0.3 is 0 Å². The molecule has 0 aromatic rings. The predicted octanol–water partition coefficient (Wildman–Crippen LogP) is 1.71. The van der Waals surface area contributed by atoms with Crippen molar-refractivity contribution in [3.05, 3.63) is 0 Å². The van der Waals surface area contributed by atoms with Crippen LogP contribution in [0, 0.1) is 11.8 Å². The highest BCUT2D eigenvalue weighted by Crippen LogP contribution is 2.33. The second-order valence-electron chi connectivity index (χ2n) is 7.22. The summed E-state index contributed by atoms with van der Waals surface area (Å²) in [5, 5.41) is 6.30. The van der Waals surface area contributed by atoms with Crippen molar-refractivity contribution in [3.63, 3.8) is 0 Å². The van der Waals surface area contributed by atoms with Crippen molar-refractivity contribution in [1.29, 1.82) is 0 Å². The first-order valence-electron chi connectivity index (χ1n) is 9.01. The molecule has 2 amide bonds. The van der Waals surface area contributed by atoms with Crippen LogP contribution >= 0.6 is 12.4 Å². The molecular weight excluding hydrogens is 314 g/mol. The van der Waals surface area contributed by atoms with Crippen LogP contribution in [0.1, 0.15) is 51.4 Å². The molecule has 2 saturated heterocycles. The van der Waals surface area contributed by atoms with E-state index in [1.165, 1.54) is 12.8 Å². The maximum Gasteiger partial charge on any atom is 0.237 e. The van der Waals surface area contributed by atoms with Crippen molar-refractivity contribution >= 4 is 24.2 Å². The summed E-state index contributed by atoms with van der Waals surface area (Å²) in [6, 6.07) is -0.000123. The van der Waals surface area contributed by atoms with Crippen molar-refractivity contribution in [1.82, 2.24) is 15.5 Å². The first-order chi connectivity index (χ1) is 10.7. The number of hydrogen-bond donors (Lipinski definition) is 2. The molecule has 1 aliphatic carbocycles. The molecule has 3 aliphatic rings. The minimum atomic E-state index is -0.000123. The number of carbonyl (C=O) groups excluding carboxylic acids is 2. The Hall–Kier alpha value is -0.810. The number of halogens is 1. The third kappa shape index (κ3) is 5.64. The molecule has 132 valence electrons. The van der Waals surface area contributed by atoms with Crippen LogP contribution in [0.4, 0.5) is 0 Å². The molecule has 2 unspecified atom stereocenters. The van der Waals surface area contributed by atoms with Gasteiger partial charge in [-0.15, -0.1) is 12.4 Å². The van der Waals surface area contributed by atoms with Crippen LogP contribution in [-0.4, -0.2) is 48.9 Å². The van der Waals surface area contributed by atoms with Crippen LogP contribution < -0.4 is 10.6 Å². The molecule has 0 aromatic heterocycles. The SMILES string of the molecule is Cl.O=C(NCC1CCCN(C(=O)CCC2CC2)C1)C1CCCN1. The molecule has 23 heavy (non-hydrogen) atoms. The van der Waals surface area contributed by atoms with Gasteiger partial charge in [0.2, 0.25) is 11.8 Å². The van der Waals surface area contributed by atoms with E-state index in [0.29, 0.717) is 18.4 Å². The Morgan fingerprint density at radius 1 is 1.09 bits per heavy atom. The predicted molar refractivity (Wildman–Crippen MR) is 92.5 cm³/mol. The van der Waals surface area contributed by atoms with Gasteiger partial charge in [0.25, 0.3) is 0 Å². The lowest BCUT2D eigenvalue weighted by atomic mass is 9.97. The molecule has 6 heteroatoms. The lowest BCUT2D eigenvalue weighted by Gasteiger charge is -2.33. The summed E-state index contributed by atoms with van der Waals surface area (Å²) in [4.78, 5) is 26.3. The highest BCUT2D eigenvalue weighted by molar-refractivity contribution is 5.85. The van der Waals surface area contributed by atoms with Gasteiger partial charge in [0, 0.05) is 26.1 Å². The molecule has 1 saturated carbocycles. The molecule has 3 rings (SSSR count). The number of piperidine rings is 1. The fourth-order valence-electron chi connectivity index (χ4n) is 3.63. The summed E-state index contributed by atoms with van der Waals surface area (Å²) in [6.45, 7) is 3.38. The van der Waals surface area contributed by atoms with Gasteiger partial charge in [-0.25, -0.2) is 0 Å². The summed E-state index contributed by atoms with van der Waals surface area (Å²) in [5.41, 5.74) is 0. The normalized spacial score (nSPS) is 27.4. The van der Waals surface area contributed by atoms with Crippen LogP contribution in [0.2, 0.25) is 0 Å². The number of rotatable bonds is 6. The lowest BCUT2D eigenvalue weighted by Crippen LogP contribution is -2.46. The second kappa shape index (κ2) is 8.88. The zero-order valence-electron chi connectivity index (χ0n) is 13.9. The Labute approximate surface area is 145 Å². The Balaban J connectivity index is 0.00000192. The van der Waals surface area contributed by atoms with Crippen molar-refractivity contribution in [2.24, 2.45) is 11.8 Å². The van der Waals surface area contributed by atoms with Crippen LogP contribution in [0.15, 0.2) is 0 Å². The molecule has 2 atom stereocenters. The topological polar surface area (TPSA) is 61.4 Å². The average molecular weight is 344 g/mol. The quantitative estimate of drug-likeness (QED) is 0.771. The highest BCUT2D eigenvalue weighted by Gasteiger charge is 2.28. The molecule has 0 aromatic carbocycles. The summed E-state index contributed by atoms with van der Waals surface area (Å²) in [7, 11) is 0. The molecule has 5 nitrogen and oxygen atoms in total. The molecule has 3 fully saturated rings. The van der Waals surface area contributed by atoms with E-state index in [4.69, 9.17) is 0 Å². The standard InChI is InChI=1S/C17H29N3O2.ClH/c21-16(8-7-13-5-6-13)20-10-2-3-14(12-20)11-19-17(22)15-4-1-9-18-15;/h13-15,18H,1-12H2,(H,19,22);1H.